The Labute approximate surface area is 133 Å². The zero-order valence-electron chi connectivity index (χ0n) is 11.8. The summed E-state index contributed by atoms with van der Waals surface area (Å²) in [6.45, 7) is 2.08. The average Bonchev–Trinajstić information content (AvgIpc) is 2.52. The lowest BCUT2D eigenvalue weighted by atomic mass is 10.0. The lowest BCUT2D eigenvalue weighted by molar-refractivity contribution is 0.217. The molecular weight excluding hydrogens is 330 g/mol. The zero-order valence-corrected chi connectivity index (χ0v) is 13.4. The van der Waals surface area contributed by atoms with Gasteiger partial charge in [-0.25, -0.2) is 0 Å². The zero-order chi connectivity index (χ0) is 14.5. The van der Waals surface area contributed by atoms with Crippen LogP contribution >= 0.6 is 15.9 Å². The summed E-state index contributed by atoms with van der Waals surface area (Å²) in [6, 6.07) is 14.0. The molecule has 2 aromatic rings. The van der Waals surface area contributed by atoms with Crippen molar-refractivity contribution in [2.24, 2.45) is 0 Å². The molecule has 2 aromatic carbocycles. The smallest absolute Gasteiger partial charge is 0.142 e. The summed E-state index contributed by atoms with van der Waals surface area (Å²) in [5.74, 6) is 1.77. The minimum Gasteiger partial charge on any atom is -0.490 e. The lowest BCUT2D eigenvalue weighted by Gasteiger charge is -2.21. The highest BCUT2D eigenvalue weighted by Gasteiger charge is 2.12. The van der Waals surface area contributed by atoms with Crippen LogP contribution in [0.25, 0.3) is 0 Å². The van der Waals surface area contributed by atoms with Crippen LogP contribution in [0.5, 0.6) is 11.5 Å². The summed E-state index contributed by atoms with van der Waals surface area (Å²) in [5.41, 5.74) is 2.48. The quantitative estimate of drug-likeness (QED) is 0.819. The Balaban J connectivity index is 1.54. The molecule has 1 aliphatic heterocycles. The Kier molecular flexibility index (Phi) is 4.65. The number of fused-ring (bicyclic) bond motifs is 1. The van der Waals surface area contributed by atoms with Gasteiger partial charge in [0.15, 0.2) is 0 Å². The van der Waals surface area contributed by atoms with Crippen LogP contribution in [0.1, 0.15) is 12.0 Å². The van der Waals surface area contributed by atoms with E-state index < -0.39 is 0 Å². The Morgan fingerprint density at radius 1 is 1.05 bits per heavy atom. The molecule has 1 heterocycles. The monoisotopic (exact) mass is 347 g/mol. The molecule has 0 aromatic heterocycles. The molecule has 0 spiro atoms. The minimum atomic E-state index is 0.528. The number of para-hydroxylation sites is 1. The van der Waals surface area contributed by atoms with Crippen molar-refractivity contribution >= 4 is 21.6 Å². The van der Waals surface area contributed by atoms with Crippen LogP contribution in [0.2, 0.25) is 0 Å². The number of halogens is 1. The van der Waals surface area contributed by atoms with Crippen LogP contribution in [0, 0.1) is 0 Å². The van der Waals surface area contributed by atoms with Crippen LogP contribution in [-0.4, -0.2) is 19.8 Å². The molecule has 0 atom stereocenters. The van der Waals surface area contributed by atoms with E-state index >= 15 is 0 Å². The Bertz CT molecular complexity index is 615. The molecule has 1 N–H and O–H groups in total. The van der Waals surface area contributed by atoms with E-state index in [2.05, 4.69) is 33.4 Å². The maximum atomic E-state index is 5.86. The second kappa shape index (κ2) is 6.85. The first-order chi connectivity index (χ1) is 10.3. The van der Waals surface area contributed by atoms with Crippen molar-refractivity contribution in [1.82, 2.24) is 0 Å². The topological polar surface area (TPSA) is 30.5 Å². The van der Waals surface area contributed by atoms with Crippen LogP contribution in [0.3, 0.4) is 0 Å². The van der Waals surface area contributed by atoms with E-state index in [9.17, 15) is 0 Å². The SMILES string of the molecule is Brc1cccc(OCCOc2cccc3c2NCCC3)c1. The summed E-state index contributed by atoms with van der Waals surface area (Å²) in [7, 11) is 0. The van der Waals surface area contributed by atoms with Gasteiger partial charge in [0.25, 0.3) is 0 Å². The van der Waals surface area contributed by atoms with E-state index in [0.717, 1.165) is 34.6 Å². The fourth-order valence-electron chi connectivity index (χ4n) is 2.47. The van der Waals surface area contributed by atoms with Crippen LogP contribution < -0.4 is 14.8 Å². The van der Waals surface area contributed by atoms with E-state index in [1.54, 1.807) is 0 Å². The predicted molar refractivity (Wildman–Crippen MR) is 88.4 cm³/mol. The van der Waals surface area contributed by atoms with Gasteiger partial charge in [-0.3, -0.25) is 0 Å². The number of rotatable bonds is 5. The van der Waals surface area contributed by atoms with Crippen LogP contribution in [0.15, 0.2) is 46.9 Å². The molecule has 0 aliphatic carbocycles. The van der Waals surface area contributed by atoms with Gasteiger partial charge in [-0.15, -0.1) is 0 Å². The first-order valence-electron chi connectivity index (χ1n) is 7.20. The Morgan fingerprint density at radius 2 is 1.90 bits per heavy atom. The highest BCUT2D eigenvalue weighted by atomic mass is 79.9. The molecule has 3 nitrogen and oxygen atoms in total. The molecule has 0 saturated heterocycles. The number of aryl methyl sites for hydroxylation is 1. The number of nitrogens with one attached hydrogen (secondary N) is 1. The number of ether oxygens (including phenoxy) is 2. The van der Waals surface area contributed by atoms with Gasteiger partial charge in [0.05, 0.1) is 5.69 Å². The molecule has 0 bridgehead atoms. The van der Waals surface area contributed by atoms with Crippen molar-refractivity contribution in [1.29, 1.82) is 0 Å². The Morgan fingerprint density at radius 3 is 2.81 bits per heavy atom. The van der Waals surface area contributed by atoms with Gasteiger partial charge in [-0.05, 0) is 42.7 Å². The van der Waals surface area contributed by atoms with Gasteiger partial charge in [-0.1, -0.05) is 34.1 Å². The van der Waals surface area contributed by atoms with E-state index in [1.165, 1.54) is 12.0 Å². The largest absolute Gasteiger partial charge is 0.490 e. The lowest BCUT2D eigenvalue weighted by Crippen LogP contribution is -2.15. The summed E-state index contributed by atoms with van der Waals surface area (Å²) < 4.78 is 12.6. The normalized spacial score (nSPS) is 13.2. The first-order valence-corrected chi connectivity index (χ1v) is 7.99. The van der Waals surface area contributed by atoms with Crippen LogP contribution in [-0.2, 0) is 6.42 Å². The van der Waals surface area contributed by atoms with Gasteiger partial charge in [-0.2, -0.15) is 0 Å². The molecule has 21 heavy (non-hydrogen) atoms. The standard InChI is InChI=1S/C17H18BrNO2/c18-14-6-2-7-15(12-14)20-10-11-21-16-8-1-4-13-5-3-9-19-17(13)16/h1-2,4,6-8,12,19H,3,5,9-11H2. The first kappa shape index (κ1) is 14.3. The number of benzene rings is 2. The summed E-state index contributed by atoms with van der Waals surface area (Å²) >= 11 is 3.43. The summed E-state index contributed by atoms with van der Waals surface area (Å²) in [5, 5.41) is 3.43. The molecule has 0 unspecified atom stereocenters. The second-order valence-corrected chi connectivity index (χ2v) is 5.89. The third-order valence-electron chi connectivity index (χ3n) is 3.44. The minimum absolute atomic E-state index is 0.528. The van der Waals surface area contributed by atoms with Crippen molar-refractivity contribution in [3.63, 3.8) is 0 Å². The molecule has 1 aliphatic rings. The summed E-state index contributed by atoms with van der Waals surface area (Å²) in [4.78, 5) is 0. The fraction of sp³-hybridized carbons (Fsp3) is 0.294. The van der Waals surface area contributed by atoms with Gasteiger partial charge in [0.1, 0.15) is 24.7 Å². The Hall–Kier alpha value is -1.68. The molecule has 0 amide bonds. The van der Waals surface area contributed by atoms with Gasteiger partial charge in [0.2, 0.25) is 0 Å². The van der Waals surface area contributed by atoms with Crippen molar-refractivity contribution in [3.05, 3.63) is 52.5 Å². The average molecular weight is 348 g/mol. The van der Waals surface area contributed by atoms with Crippen molar-refractivity contribution in [2.75, 3.05) is 25.1 Å². The van der Waals surface area contributed by atoms with Gasteiger partial charge in [0, 0.05) is 11.0 Å². The van der Waals surface area contributed by atoms with Crippen molar-refractivity contribution < 1.29 is 9.47 Å². The maximum Gasteiger partial charge on any atom is 0.142 e. The van der Waals surface area contributed by atoms with E-state index in [1.807, 2.05) is 30.3 Å². The third-order valence-corrected chi connectivity index (χ3v) is 3.94. The third kappa shape index (κ3) is 3.70. The molecule has 0 fully saturated rings. The van der Waals surface area contributed by atoms with Gasteiger partial charge < -0.3 is 14.8 Å². The van der Waals surface area contributed by atoms with Gasteiger partial charge >= 0.3 is 0 Å². The number of anilines is 1. The molecular formula is C17H18BrNO2. The molecule has 0 saturated carbocycles. The van der Waals surface area contributed by atoms with Crippen LogP contribution in [0.4, 0.5) is 5.69 Å². The second-order valence-electron chi connectivity index (χ2n) is 4.97. The van der Waals surface area contributed by atoms with Crippen molar-refractivity contribution in [3.8, 4) is 11.5 Å². The summed E-state index contributed by atoms with van der Waals surface area (Å²) in [6.07, 6.45) is 2.30. The van der Waals surface area contributed by atoms with E-state index in [4.69, 9.17) is 9.47 Å². The predicted octanol–water partition coefficient (Wildman–Crippen LogP) is 4.27. The van der Waals surface area contributed by atoms with E-state index in [-0.39, 0.29) is 0 Å². The van der Waals surface area contributed by atoms with E-state index in [0.29, 0.717) is 13.2 Å². The molecule has 0 radical (unpaired) electrons. The highest BCUT2D eigenvalue weighted by Crippen LogP contribution is 2.31. The number of hydrogen-bond donors (Lipinski definition) is 1. The van der Waals surface area contributed by atoms with Crippen molar-refractivity contribution in [2.45, 2.75) is 12.8 Å². The molecule has 4 heteroatoms. The number of hydrogen-bond acceptors (Lipinski definition) is 3. The highest BCUT2D eigenvalue weighted by molar-refractivity contribution is 9.10. The molecule has 3 rings (SSSR count). The molecule has 110 valence electrons. The maximum absolute atomic E-state index is 5.86. The fourth-order valence-corrected chi connectivity index (χ4v) is 2.84.